The average molecular weight is 370 g/mol. The van der Waals surface area contributed by atoms with Gasteiger partial charge in [-0.1, -0.05) is 12.1 Å². The van der Waals surface area contributed by atoms with Gasteiger partial charge in [0.2, 0.25) is 5.91 Å². The lowest BCUT2D eigenvalue weighted by Crippen LogP contribution is -2.37. The van der Waals surface area contributed by atoms with E-state index >= 15 is 0 Å². The first-order valence-corrected chi connectivity index (χ1v) is 8.76. The number of benzene rings is 1. The third-order valence-electron chi connectivity index (χ3n) is 3.81. The van der Waals surface area contributed by atoms with Gasteiger partial charge in [0.1, 0.15) is 5.75 Å². The molecule has 1 heterocycles. The molecule has 0 spiro atoms. The Bertz CT molecular complexity index is 475. The van der Waals surface area contributed by atoms with Crippen LogP contribution in [-0.2, 0) is 9.53 Å². The summed E-state index contributed by atoms with van der Waals surface area (Å²) in [7, 11) is 0. The molecule has 0 bridgehead atoms. The zero-order valence-corrected chi connectivity index (χ0v) is 14.7. The highest BCUT2D eigenvalue weighted by atomic mass is 79.9. The number of halogens is 1. The normalized spacial score (nSPS) is 17.5. The van der Waals surface area contributed by atoms with Crippen LogP contribution >= 0.6 is 15.9 Å². The van der Waals surface area contributed by atoms with Crippen LogP contribution in [0.2, 0.25) is 0 Å². The molecule has 1 aromatic rings. The smallest absolute Gasteiger partial charge is 0.222 e. The van der Waals surface area contributed by atoms with Crippen LogP contribution < -0.4 is 4.74 Å². The van der Waals surface area contributed by atoms with Gasteiger partial charge in [-0.3, -0.25) is 4.79 Å². The SMILES string of the molecule is CCN(CC1CCCO1)C(=O)CCCOc1ccccc1Br. The number of hydrogen-bond donors (Lipinski definition) is 0. The summed E-state index contributed by atoms with van der Waals surface area (Å²) in [6.07, 6.45) is 3.64. The van der Waals surface area contributed by atoms with E-state index < -0.39 is 0 Å². The van der Waals surface area contributed by atoms with Crippen LogP contribution in [-0.4, -0.2) is 43.2 Å². The highest BCUT2D eigenvalue weighted by molar-refractivity contribution is 9.10. The summed E-state index contributed by atoms with van der Waals surface area (Å²) < 4.78 is 12.2. The Kier molecular flexibility index (Phi) is 7.19. The molecule has 0 saturated carbocycles. The van der Waals surface area contributed by atoms with E-state index in [4.69, 9.17) is 9.47 Å². The molecule has 1 aliphatic heterocycles. The van der Waals surface area contributed by atoms with Gasteiger partial charge >= 0.3 is 0 Å². The fraction of sp³-hybridized carbons (Fsp3) is 0.588. The van der Waals surface area contributed by atoms with Crippen molar-refractivity contribution in [1.82, 2.24) is 4.90 Å². The second kappa shape index (κ2) is 9.16. The Morgan fingerprint density at radius 3 is 2.95 bits per heavy atom. The van der Waals surface area contributed by atoms with E-state index in [-0.39, 0.29) is 12.0 Å². The minimum absolute atomic E-state index is 0.189. The Morgan fingerprint density at radius 2 is 2.27 bits per heavy atom. The maximum atomic E-state index is 12.2. The van der Waals surface area contributed by atoms with Crippen LogP contribution in [0.3, 0.4) is 0 Å². The van der Waals surface area contributed by atoms with Gasteiger partial charge in [0.05, 0.1) is 17.2 Å². The first kappa shape index (κ1) is 17.3. The van der Waals surface area contributed by atoms with Crippen molar-refractivity contribution in [3.05, 3.63) is 28.7 Å². The standard InChI is InChI=1S/C17H24BrNO3/c1-2-19(13-14-7-5-11-21-14)17(20)10-6-12-22-16-9-4-3-8-15(16)18/h3-4,8-9,14H,2,5-7,10-13H2,1H3. The summed E-state index contributed by atoms with van der Waals surface area (Å²) in [4.78, 5) is 14.1. The lowest BCUT2D eigenvalue weighted by Gasteiger charge is -2.24. The van der Waals surface area contributed by atoms with Crippen LogP contribution in [0.4, 0.5) is 0 Å². The van der Waals surface area contributed by atoms with Gasteiger partial charge in [-0.2, -0.15) is 0 Å². The topological polar surface area (TPSA) is 38.8 Å². The van der Waals surface area contributed by atoms with E-state index in [1.807, 2.05) is 36.1 Å². The summed E-state index contributed by atoms with van der Waals surface area (Å²) in [6, 6.07) is 7.75. The molecule has 1 amide bonds. The molecule has 122 valence electrons. The number of hydrogen-bond acceptors (Lipinski definition) is 3. The van der Waals surface area contributed by atoms with Crippen molar-refractivity contribution in [3.8, 4) is 5.75 Å². The molecule has 0 aliphatic carbocycles. The Labute approximate surface area is 140 Å². The average Bonchev–Trinajstić information content (AvgIpc) is 3.03. The van der Waals surface area contributed by atoms with Crippen LogP contribution in [0.1, 0.15) is 32.6 Å². The highest BCUT2D eigenvalue weighted by Crippen LogP contribution is 2.23. The van der Waals surface area contributed by atoms with Crippen LogP contribution in [0.5, 0.6) is 5.75 Å². The molecule has 1 unspecified atom stereocenters. The van der Waals surface area contributed by atoms with Crippen LogP contribution in [0.15, 0.2) is 28.7 Å². The molecule has 1 saturated heterocycles. The van der Waals surface area contributed by atoms with Crippen molar-refractivity contribution in [2.24, 2.45) is 0 Å². The number of likely N-dealkylation sites (N-methyl/N-ethyl adjacent to an activating group) is 1. The Balaban J connectivity index is 1.68. The second-order valence-electron chi connectivity index (χ2n) is 5.45. The van der Waals surface area contributed by atoms with Crippen molar-refractivity contribution in [3.63, 3.8) is 0 Å². The summed E-state index contributed by atoms with van der Waals surface area (Å²) in [6.45, 7) is 4.86. The number of rotatable bonds is 8. The molecular weight excluding hydrogens is 346 g/mol. The predicted octanol–water partition coefficient (Wildman–Crippen LogP) is 3.64. The number of amides is 1. The molecule has 5 heteroatoms. The van der Waals surface area contributed by atoms with Crippen molar-refractivity contribution in [1.29, 1.82) is 0 Å². The molecule has 2 rings (SSSR count). The highest BCUT2D eigenvalue weighted by Gasteiger charge is 2.21. The molecule has 1 atom stereocenters. The molecule has 0 N–H and O–H groups in total. The van der Waals surface area contributed by atoms with Crippen LogP contribution in [0, 0.1) is 0 Å². The summed E-state index contributed by atoms with van der Waals surface area (Å²) >= 11 is 3.45. The Morgan fingerprint density at radius 1 is 1.45 bits per heavy atom. The number of para-hydroxylation sites is 1. The van der Waals surface area contributed by atoms with Gasteiger partial charge in [-0.15, -0.1) is 0 Å². The number of nitrogens with zero attached hydrogens (tertiary/aromatic N) is 1. The molecule has 0 aromatic heterocycles. The maximum Gasteiger partial charge on any atom is 0.222 e. The van der Waals surface area contributed by atoms with Gasteiger partial charge in [0, 0.05) is 26.1 Å². The zero-order chi connectivity index (χ0) is 15.8. The summed E-state index contributed by atoms with van der Waals surface area (Å²) in [5.41, 5.74) is 0. The molecular formula is C17H24BrNO3. The van der Waals surface area contributed by atoms with E-state index in [9.17, 15) is 4.79 Å². The molecule has 0 radical (unpaired) electrons. The van der Waals surface area contributed by atoms with E-state index in [2.05, 4.69) is 15.9 Å². The lowest BCUT2D eigenvalue weighted by molar-refractivity contribution is -0.132. The first-order chi connectivity index (χ1) is 10.7. The molecule has 22 heavy (non-hydrogen) atoms. The fourth-order valence-corrected chi connectivity index (χ4v) is 2.97. The van der Waals surface area contributed by atoms with E-state index in [0.717, 1.165) is 49.2 Å². The van der Waals surface area contributed by atoms with Gasteiger partial charge < -0.3 is 14.4 Å². The molecule has 1 fully saturated rings. The number of carbonyl (C=O) groups excluding carboxylic acids is 1. The zero-order valence-electron chi connectivity index (χ0n) is 13.1. The summed E-state index contributed by atoms with van der Waals surface area (Å²) in [5.74, 6) is 1.01. The third kappa shape index (κ3) is 5.29. The van der Waals surface area contributed by atoms with Crippen molar-refractivity contribution in [2.75, 3.05) is 26.3 Å². The van der Waals surface area contributed by atoms with Gasteiger partial charge in [-0.25, -0.2) is 0 Å². The van der Waals surface area contributed by atoms with Crippen molar-refractivity contribution < 1.29 is 14.3 Å². The third-order valence-corrected chi connectivity index (χ3v) is 4.47. The summed E-state index contributed by atoms with van der Waals surface area (Å²) in [5, 5.41) is 0. The van der Waals surface area contributed by atoms with E-state index in [0.29, 0.717) is 13.0 Å². The first-order valence-electron chi connectivity index (χ1n) is 7.97. The fourth-order valence-electron chi connectivity index (χ4n) is 2.57. The van der Waals surface area contributed by atoms with Gasteiger partial charge in [-0.05, 0) is 54.2 Å². The maximum absolute atomic E-state index is 12.2. The predicted molar refractivity (Wildman–Crippen MR) is 90.1 cm³/mol. The largest absolute Gasteiger partial charge is 0.492 e. The second-order valence-corrected chi connectivity index (χ2v) is 6.30. The molecule has 1 aliphatic rings. The van der Waals surface area contributed by atoms with E-state index in [1.165, 1.54) is 0 Å². The molecule has 4 nitrogen and oxygen atoms in total. The Hall–Kier alpha value is -1.07. The quantitative estimate of drug-likeness (QED) is 0.656. The number of ether oxygens (including phenoxy) is 2. The van der Waals surface area contributed by atoms with Gasteiger partial charge in [0.25, 0.3) is 0 Å². The monoisotopic (exact) mass is 369 g/mol. The minimum atomic E-state index is 0.189. The number of carbonyl (C=O) groups is 1. The van der Waals surface area contributed by atoms with Crippen LogP contribution in [0.25, 0.3) is 0 Å². The lowest BCUT2D eigenvalue weighted by atomic mass is 10.2. The van der Waals surface area contributed by atoms with Gasteiger partial charge in [0.15, 0.2) is 0 Å². The van der Waals surface area contributed by atoms with Crippen molar-refractivity contribution >= 4 is 21.8 Å². The van der Waals surface area contributed by atoms with Crippen molar-refractivity contribution in [2.45, 2.75) is 38.7 Å². The molecule has 1 aromatic carbocycles. The van der Waals surface area contributed by atoms with E-state index in [1.54, 1.807) is 0 Å². The minimum Gasteiger partial charge on any atom is -0.492 e.